The first-order valence-corrected chi connectivity index (χ1v) is 7.98. The minimum absolute atomic E-state index is 0.0831. The summed E-state index contributed by atoms with van der Waals surface area (Å²) in [5.41, 5.74) is 2.61. The zero-order valence-corrected chi connectivity index (χ0v) is 12.7. The Morgan fingerprint density at radius 2 is 2.19 bits per heavy atom. The summed E-state index contributed by atoms with van der Waals surface area (Å²) in [5, 5.41) is 3.39. The molecule has 1 aromatic rings. The molecule has 2 aliphatic heterocycles. The number of rotatable bonds is 3. The van der Waals surface area contributed by atoms with Crippen LogP contribution in [0.5, 0.6) is 0 Å². The van der Waals surface area contributed by atoms with Crippen LogP contribution in [0.2, 0.25) is 0 Å². The Balaban J connectivity index is 1.63. The lowest BCUT2D eigenvalue weighted by Crippen LogP contribution is -2.53. The fraction of sp³-hybridized carbons (Fsp3) is 0.588. The van der Waals surface area contributed by atoms with E-state index in [1.165, 1.54) is 11.1 Å². The number of likely N-dealkylation sites (tertiary alicyclic amines) is 1. The topological polar surface area (TPSA) is 41.6 Å². The van der Waals surface area contributed by atoms with Crippen LogP contribution in [-0.4, -0.2) is 42.6 Å². The van der Waals surface area contributed by atoms with Gasteiger partial charge in [0, 0.05) is 26.2 Å². The summed E-state index contributed by atoms with van der Waals surface area (Å²) in [6.45, 7) is 5.13. The number of hydrogen-bond acceptors (Lipinski definition) is 3. The van der Waals surface area contributed by atoms with Gasteiger partial charge in [-0.05, 0) is 37.3 Å². The Morgan fingerprint density at radius 1 is 1.38 bits per heavy atom. The molecule has 1 fully saturated rings. The maximum atomic E-state index is 12.7. The summed E-state index contributed by atoms with van der Waals surface area (Å²) in [7, 11) is 0. The SMILES string of the molecule is CCO[C@H]1CCCN(C(=O)[C@@H]2Cc3ccccc3CN2)C1. The minimum Gasteiger partial charge on any atom is -0.377 e. The summed E-state index contributed by atoms with van der Waals surface area (Å²) in [6.07, 6.45) is 3.12. The Bertz CT molecular complexity index is 501. The van der Waals surface area contributed by atoms with E-state index < -0.39 is 0 Å². The lowest BCUT2D eigenvalue weighted by Gasteiger charge is -2.36. The van der Waals surface area contributed by atoms with Crippen LogP contribution in [0.1, 0.15) is 30.9 Å². The number of ether oxygens (including phenoxy) is 1. The third-order valence-electron chi connectivity index (χ3n) is 4.47. The Labute approximate surface area is 126 Å². The average Bonchev–Trinajstić information content (AvgIpc) is 2.54. The van der Waals surface area contributed by atoms with E-state index in [4.69, 9.17) is 4.74 Å². The zero-order valence-electron chi connectivity index (χ0n) is 12.7. The second kappa shape index (κ2) is 6.58. The van der Waals surface area contributed by atoms with Gasteiger partial charge in [0.25, 0.3) is 0 Å². The van der Waals surface area contributed by atoms with Gasteiger partial charge >= 0.3 is 0 Å². The molecule has 0 unspecified atom stereocenters. The van der Waals surface area contributed by atoms with Crippen LogP contribution in [0, 0.1) is 0 Å². The molecular formula is C17H24N2O2. The van der Waals surface area contributed by atoms with Crippen molar-refractivity contribution in [1.29, 1.82) is 0 Å². The third kappa shape index (κ3) is 3.27. The number of carbonyl (C=O) groups is 1. The lowest BCUT2D eigenvalue weighted by molar-refractivity contribution is -0.137. The molecule has 0 aromatic heterocycles. The Kier molecular flexibility index (Phi) is 4.56. The fourth-order valence-corrected chi connectivity index (χ4v) is 3.36. The molecule has 0 spiro atoms. The van der Waals surface area contributed by atoms with Crippen LogP contribution in [0.15, 0.2) is 24.3 Å². The molecule has 0 saturated carbocycles. The van der Waals surface area contributed by atoms with E-state index in [1.807, 2.05) is 11.8 Å². The van der Waals surface area contributed by atoms with E-state index in [-0.39, 0.29) is 18.1 Å². The molecular weight excluding hydrogens is 264 g/mol. The van der Waals surface area contributed by atoms with Gasteiger partial charge in [-0.25, -0.2) is 0 Å². The number of fused-ring (bicyclic) bond motifs is 1. The standard InChI is InChI=1S/C17H24N2O2/c1-2-21-15-8-5-9-19(12-15)17(20)16-10-13-6-3-4-7-14(13)11-18-16/h3-4,6-7,15-16,18H,2,5,8-12H2,1H3/t15-,16-/m0/s1. The molecule has 1 aromatic carbocycles. The lowest BCUT2D eigenvalue weighted by atomic mass is 9.94. The number of hydrogen-bond donors (Lipinski definition) is 1. The molecule has 2 heterocycles. The Morgan fingerprint density at radius 3 is 3.00 bits per heavy atom. The van der Waals surface area contributed by atoms with Crippen molar-refractivity contribution in [2.75, 3.05) is 19.7 Å². The number of nitrogens with one attached hydrogen (secondary N) is 1. The highest BCUT2D eigenvalue weighted by atomic mass is 16.5. The highest BCUT2D eigenvalue weighted by molar-refractivity contribution is 5.82. The molecule has 2 atom stereocenters. The van der Waals surface area contributed by atoms with E-state index in [1.54, 1.807) is 0 Å². The number of benzene rings is 1. The van der Waals surface area contributed by atoms with Gasteiger partial charge in [0.05, 0.1) is 12.1 Å². The molecule has 0 radical (unpaired) electrons. The van der Waals surface area contributed by atoms with Crippen LogP contribution >= 0.6 is 0 Å². The summed E-state index contributed by atoms with van der Waals surface area (Å²) in [5.74, 6) is 0.230. The molecule has 0 bridgehead atoms. The molecule has 21 heavy (non-hydrogen) atoms. The van der Waals surface area contributed by atoms with Crippen LogP contribution < -0.4 is 5.32 Å². The molecule has 1 N–H and O–H groups in total. The largest absolute Gasteiger partial charge is 0.377 e. The minimum atomic E-state index is -0.0831. The van der Waals surface area contributed by atoms with Crippen molar-refractivity contribution in [2.45, 2.75) is 44.9 Å². The van der Waals surface area contributed by atoms with Crippen molar-refractivity contribution in [3.8, 4) is 0 Å². The smallest absolute Gasteiger partial charge is 0.240 e. The van der Waals surface area contributed by atoms with Gasteiger partial charge < -0.3 is 15.0 Å². The quantitative estimate of drug-likeness (QED) is 0.921. The molecule has 1 amide bonds. The van der Waals surface area contributed by atoms with Gasteiger partial charge in [0.1, 0.15) is 0 Å². The number of carbonyl (C=O) groups excluding carboxylic acids is 1. The highest BCUT2D eigenvalue weighted by Crippen LogP contribution is 2.20. The summed E-state index contributed by atoms with van der Waals surface area (Å²) >= 11 is 0. The first-order chi connectivity index (χ1) is 10.3. The predicted molar refractivity (Wildman–Crippen MR) is 82.0 cm³/mol. The van der Waals surface area contributed by atoms with E-state index in [0.29, 0.717) is 0 Å². The van der Waals surface area contributed by atoms with E-state index in [2.05, 4.69) is 29.6 Å². The van der Waals surface area contributed by atoms with E-state index >= 15 is 0 Å². The maximum Gasteiger partial charge on any atom is 0.240 e. The predicted octanol–water partition coefficient (Wildman–Crippen LogP) is 1.73. The highest BCUT2D eigenvalue weighted by Gasteiger charge is 2.31. The van der Waals surface area contributed by atoms with E-state index in [0.717, 1.165) is 45.5 Å². The van der Waals surface area contributed by atoms with Gasteiger partial charge in [-0.3, -0.25) is 4.79 Å². The molecule has 1 saturated heterocycles. The van der Waals surface area contributed by atoms with Crippen molar-refractivity contribution in [3.63, 3.8) is 0 Å². The summed E-state index contributed by atoms with van der Waals surface area (Å²) < 4.78 is 5.69. The van der Waals surface area contributed by atoms with Crippen molar-refractivity contribution in [3.05, 3.63) is 35.4 Å². The van der Waals surface area contributed by atoms with Crippen LogP contribution in [0.25, 0.3) is 0 Å². The normalized spacial score (nSPS) is 25.5. The number of amides is 1. The van der Waals surface area contributed by atoms with Crippen LogP contribution in [0.4, 0.5) is 0 Å². The second-order valence-electron chi connectivity index (χ2n) is 5.91. The third-order valence-corrected chi connectivity index (χ3v) is 4.47. The first-order valence-electron chi connectivity index (χ1n) is 7.98. The van der Waals surface area contributed by atoms with Gasteiger partial charge in [-0.1, -0.05) is 24.3 Å². The first kappa shape index (κ1) is 14.5. The molecule has 4 nitrogen and oxygen atoms in total. The summed E-state index contributed by atoms with van der Waals surface area (Å²) in [6, 6.07) is 8.29. The molecule has 4 heteroatoms. The van der Waals surface area contributed by atoms with Gasteiger partial charge in [0.15, 0.2) is 0 Å². The van der Waals surface area contributed by atoms with Crippen molar-refractivity contribution in [2.24, 2.45) is 0 Å². The van der Waals surface area contributed by atoms with Gasteiger partial charge in [-0.15, -0.1) is 0 Å². The monoisotopic (exact) mass is 288 g/mol. The number of piperidine rings is 1. The molecule has 2 aliphatic rings. The molecule has 0 aliphatic carbocycles. The van der Waals surface area contributed by atoms with Gasteiger partial charge in [-0.2, -0.15) is 0 Å². The fourth-order valence-electron chi connectivity index (χ4n) is 3.36. The average molecular weight is 288 g/mol. The van der Waals surface area contributed by atoms with Crippen LogP contribution in [0.3, 0.4) is 0 Å². The molecule has 114 valence electrons. The van der Waals surface area contributed by atoms with Crippen molar-refractivity contribution < 1.29 is 9.53 Å². The van der Waals surface area contributed by atoms with Crippen molar-refractivity contribution >= 4 is 5.91 Å². The van der Waals surface area contributed by atoms with Gasteiger partial charge in [0.2, 0.25) is 5.91 Å². The number of nitrogens with zero attached hydrogens (tertiary/aromatic N) is 1. The zero-order chi connectivity index (χ0) is 14.7. The van der Waals surface area contributed by atoms with Crippen LogP contribution in [-0.2, 0) is 22.5 Å². The Hall–Kier alpha value is -1.39. The second-order valence-corrected chi connectivity index (χ2v) is 5.91. The van der Waals surface area contributed by atoms with E-state index in [9.17, 15) is 4.79 Å². The summed E-state index contributed by atoms with van der Waals surface area (Å²) in [4.78, 5) is 14.7. The van der Waals surface area contributed by atoms with Crippen molar-refractivity contribution in [1.82, 2.24) is 10.2 Å². The molecule has 3 rings (SSSR count). The maximum absolute atomic E-state index is 12.7.